The summed E-state index contributed by atoms with van der Waals surface area (Å²) in [5, 5.41) is 12.1. The molecule has 0 aromatic heterocycles. The fourth-order valence-corrected chi connectivity index (χ4v) is 3.90. The largest absolute Gasteiger partial charge is 0.451 e. The second-order valence-corrected chi connectivity index (χ2v) is 9.05. The smallest absolute Gasteiger partial charge is 0.327 e. The maximum absolute atomic E-state index is 12.4. The Kier molecular flexibility index (Phi) is 8.97. The van der Waals surface area contributed by atoms with E-state index in [0.29, 0.717) is 17.4 Å². The van der Waals surface area contributed by atoms with E-state index in [0.717, 1.165) is 5.56 Å². The molecule has 1 amide bonds. The summed E-state index contributed by atoms with van der Waals surface area (Å²) in [6.07, 6.45) is -0.543. The van der Waals surface area contributed by atoms with Crippen molar-refractivity contribution in [2.45, 2.75) is 30.4 Å². The minimum atomic E-state index is -4.07. The molecule has 0 heterocycles. The van der Waals surface area contributed by atoms with Crippen molar-refractivity contribution >= 4 is 37.8 Å². The highest BCUT2D eigenvalue weighted by Gasteiger charge is 2.29. The Morgan fingerprint density at radius 1 is 1.10 bits per heavy atom. The molecule has 0 spiro atoms. The third-order valence-electron chi connectivity index (χ3n) is 4.11. The van der Waals surface area contributed by atoms with Crippen molar-refractivity contribution in [3.63, 3.8) is 0 Å². The van der Waals surface area contributed by atoms with Crippen molar-refractivity contribution < 1.29 is 27.9 Å². The highest BCUT2D eigenvalue weighted by molar-refractivity contribution is 9.10. The molecule has 2 aromatic rings. The van der Waals surface area contributed by atoms with Crippen LogP contribution in [0.15, 0.2) is 64.0 Å². The van der Waals surface area contributed by atoms with E-state index in [1.807, 2.05) is 30.3 Å². The summed E-state index contributed by atoms with van der Waals surface area (Å²) in [5.74, 6) is -1.57. The summed E-state index contributed by atoms with van der Waals surface area (Å²) in [4.78, 5) is 24.3. The zero-order valence-corrected chi connectivity index (χ0v) is 18.6. The van der Waals surface area contributed by atoms with E-state index >= 15 is 0 Å². The van der Waals surface area contributed by atoms with E-state index in [1.54, 1.807) is 0 Å². The van der Waals surface area contributed by atoms with Crippen LogP contribution in [0.5, 0.6) is 0 Å². The van der Waals surface area contributed by atoms with Crippen LogP contribution in [0.4, 0.5) is 0 Å². The number of halogens is 1. The van der Waals surface area contributed by atoms with Crippen molar-refractivity contribution in [2.75, 3.05) is 13.2 Å². The lowest BCUT2D eigenvalue weighted by molar-refractivity contribution is -0.157. The lowest BCUT2D eigenvalue weighted by Gasteiger charge is -2.19. The van der Waals surface area contributed by atoms with Crippen molar-refractivity contribution in [3.05, 3.63) is 64.6 Å². The van der Waals surface area contributed by atoms with Crippen LogP contribution >= 0.6 is 15.9 Å². The van der Waals surface area contributed by atoms with E-state index < -0.39 is 40.7 Å². The number of aliphatic hydroxyl groups is 1. The second kappa shape index (κ2) is 11.2. The van der Waals surface area contributed by atoms with Gasteiger partial charge < -0.3 is 15.2 Å². The van der Waals surface area contributed by atoms with Gasteiger partial charge in [0.15, 0.2) is 6.10 Å². The van der Waals surface area contributed by atoms with Crippen molar-refractivity contribution in [2.24, 2.45) is 0 Å². The molecule has 0 fully saturated rings. The molecule has 30 heavy (non-hydrogen) atoms. The molecular weight excluding hydrogens is 476 g/mol. The van der Waals surface area contributed by atoms with Gasteiger partial charge in [-0.3, -0.25) is 9.59 Å². The van der Waals surface area contributed by atoms with Gasteiger partial charge in [0.05, 0.1) is 11.5 Å². The Balaban J connectivity index is 1.88. The average molecular weight is 499 g/mol. The lowest BCUT2D eigenvalue weighted by atomic mass is 10.1. The zero-order valence-electron chi connectivity index (χ0n) is 16.2. The van der Waals surface area contributed by atoms with Gasteiger partial charge in [0.25, 0.3) is 5.91 Å². The number of hydrogen-bond acceptors (Lipinski definition) is 6. The Hall–Kier alpha value is -2.27. The SMILES string of the molecule is CC(OC(=O)C(CO)NS(=O)(=O)c1ccc(Br)cc1)C(=O)NCCc1ccccc1. The monoisotopic (exact) mass is 498 g/mol. The first-order chi connectivity index (χ1) is 14.2. The van der Waals surface area contributed by atoms with Gasteiger partial charge in [-0.15, -0.1) is 0 Å². The number of benzene rings is 2. The third kappa shape index (κ3) is 7.21. The fourth-order valence-electron chi connectivity index (χ4n) is 2.46. The van der Waals surface area contributed by atoms with Crippen LogP contribution in [0.3, 0.4) is 0 Å². The van der Waals surface area contributed by atoms with Gasteiger partial charge in [-0.1, -0.05) is 46.3 Å². The quantitative estimate of drug-likeness (QED) is 0.425. The number of esters is 1. The number of carbonyl (C=O) groups is 2. The lowest BCUT2D eigenvalue weighted by Crippen LogP contribution is -2.47. The molecule has 2 atom stereocenters. The molecule has 0 radical (unpaired) electrons. The van der Waals surface area contributed by atoms with Crippen molar-refractivity contribution in [1.82, 2.24) is 10.0 Å². The summed E-state index contributed by atoms with van der Waals surface area (Å²) >= 11 is 3.20. The molecule has 8 nitrogen and oxygen atoms in total. The molecule has 0 aliphatic heterocycles. The van der Waals surface area contributed by atoms with Gasteiger partial charge in [0.1, 0.15) is 6.04 Å². The van der Waals surface area contributed by atoms with Crippen LogP contribution < -0.4 is 10.0 Å². The molecule has 0 aliphatic rings. The van der Waals surface area contributed by atoms with E-state index in [-0.39, 0.29) is 4.90 Å². The number of ether oxygens (including phenoxy) is 1. The summed E-state index contributed by atoms with van der Waals surface area (Å²) in [7, 11) is -4.07. The normalized spacial score (nSPS) is 13.3. The topological polar surface area (TPSA) is 122 Å². The Bertz CT molecular complexity index is 951. The van der Waals surface area contributed by atoms with Gasteiger partial charge in [0, 0.05) is 11.0 Å². The fraction of sp³-hybridized carbons (Fsp3) is 0.300. The number of rotatable bonds is 10. The van der Waals surface area contributed by atoms with Gasteiger partial charge in [-0.2, -0.15) is 4.72 Å². The van der Waals surface area contributed by atoms with Crippen LogP contribution in [0.25, 0.3) is 0 Å². The molecule has 2 unspecified atom stereocenters. The van der Waals surface area contributed by atoms with Gasteiger partial charge >= 0.3 is 5.97 Å². The van der Waals surface area contributed by atoms with Crippen LogP contribution in [0.1, 0.15) is 12.5 Å². The van der Waals surface area contributed by atoms with Crippen LogP contribution in [-0.4, -0.2) is 50.7 Å². The average Bonchev–Trinajstić information content (AvgIpc) is 2.72. The van der Waals surface area contributed by atoms with Crippen LogP contribution in [0.2, 0.25) is 0 Å². The summed E-state index contributed by atoms with van der Waals surface area (Å²) in [6, 6.07) is 13.7. The predicted molar refractivity (Wildman–Crippen MR) is 114 cm³/mol. The maximum atomic E-state index is 12.4. The summed E-state index contributed by atoms with van der Waals surface area (Å²) < 4.78 is 32.6. The van der Waals surface area contributed by atoms with Crippen LogP contribution in [0, 0.1) is 0 Å². The second-order valence-electron chi connectivity index (χ2n) is 6.42. The molecule has 10 heteroatoms. The highest BCUT2D eigenvalue weighted by atomic mass is 79.9. The molecule has 2 aromatic carbocycles. The first-order valence-corrected chi connectivity index (χ1v) is 11.4. The highest BCUT2D eigenvalue weighted by Crippen LogP contribution is 2.15. The van der Waals surface area contributed by atoms with Gasteiger partial charge in [-0.05, 0) is 43.2 Å². The predicted octanol–water partition coefficient (Wildman–Crippen LogP) is 1.38. The maximum Gasteiger partial charge on any atom is 0.327 e. The van der Waals surface area contributed by atoms with E-state index in [2.05, 4.69) is 26.0 Å². The molecule has 2 rings (SSSR count). The molecule has 0 aliphatic carbocycles. The summed E-state index contributed by atoms with van der Waals surface area (Å²) in [5.41, 5.74) is 1.05. The van der Waals surface area contributed by atoms with E-state index in [1.165, 1.54) is 31.2 Å². The van der Waals surface area contributed by atoms with Crippen molar-refractivity contribution in [1.29, 1.82) is 0 Å². The van der Waals surface area contributed by atoms with E-state index in [4.69, 9.17) is 4.74 Å². The number of aliphatic hydroxyl groups excluding tert-OH is 1. The first kappa shape index (κ1) is 24.0. The Morgan fingerprint density at radius 2 is 1.73 bits per heavy atom. The minimum Gasteiger partial charge on any atom is -0.451 e. The standard InChI is InChI=1S/C20H23BrN2O6S/c1-14(19(25)22-12-11-15-5-3-2-4-6-15)29-20(26)18(13-24)23-30(27,28)17-9-7-16(21)8-10-17/h2-10,14,18,23-24H,11-13H2,1H3,(H,22,25). The molecular formula is C20H23BrN2O6S. The Labute approximate surface area is 183 Å². The van der Waals surface area contributed by atoms with Gasteiger partial charge in [-0.25, -0.2) is 8.42 Å². The zero-order chi connectivity index (χ0) is 22.1. The number of amides is 1. The number of sulfonamides is 1. The van der Waals surface area contributed by atoms with E-state index in [9.17, 15) is 23.1 Å². The van der Waals surface area contributed by atoms with Crippen LogP contribution in [-0.2, 0) is 30.8 Å². The summed E-state index contributed by atoms with van der Waals surface area (Å²) in [6.45, 7) is 0.898. The Morgan fingerprint density at radius 3 is 2.33 bits per heavy atom. The molecule has 3 N–H and O–H groups in total. The minimum absolute atomic E-state index is 0.0800. The number of carbonyl (C=O) groups excluding carboxylic acids is 2. The number of nitrogens with one attached hydrogen (secondary N) is 2. The molecule has 0 bridgehead atoms. The first-order valence-electron chi connectivity index (χ1n) is 9.14. The number of hydrogen-bond donors (Lipinski definition) is 3. The molecule has 0 saturated heterocycles. The van der Waals surface area contributed by atoms with Crippen molar-refractivity contribution in [3.8, 4) is 0 Å². The molecule has 0 saturated carbocycles. The third-order valence-corrected chi connectivity index (χ3v) is 6.12. The molecule has 162 valence electrons. The van der Waals surface area contributed by atoms with Gasteiger partial charge in [0.2, 0.25) is 10.0 Å².